The van der Waals surface area contributed by atoms with Gasteiger partial charge >= 0.3 is 6.09 Å². The Hall–Kier alpha value is -1.91. The average Bonchev–Trinajstić information content (AvgIpc) is 2.38. The van der Waals surface area contributed by atoms with Gasteiger partial charge in [0.1, 0.15) is 12.4 Å². The Morgan fingerprint density at radius 1 is 1.35 bits per heavy atom. The fourth-order valence-electron chi connectivity index (χ4n) is 2.49. The highest BCUT2D eigenvalue weighted by molar-refractivity contribution is 5.67. The summed E-state index contributed by atoms with van der Waals surface area (Å²) in [5.74, 6) is 0.896. The van der Waals surface area contributed by atoms with Crippen molar-refractivity contribution in [2.45, 2.75) is 6.04 Å². The van der Waals surface area contributed by atoms with Crippen LogP contribution >= 0.6 is 0 Å². The Bertz CT molecular complexity index is 449. The second-order valence-electron chi connectivity index (χ2n) is 4.35. The first-order chi connectivity index (χ1) is 8.25. The monoisotopic (exact) mass is 234 g/mol. The molecule has 3 rings (SSSR count). The molecule has 2 heterocycles. The topological polar surface area (TPSA) is 53.0 Å². The molecule has 1 N–H and O–H groups in total. The first-order valence-corrected chi connectivity index (χ1v) is 5.72. The summed E-state index contributed by atoms with van der Waals surface area (Å²) < 4.78 is 5.66. The Balaban J connectivity index is 1.85. The number of rotatable bonds is 0. The molecule has 1 aromatic carbocycles. The van der Waals surface area contributed by atoms with Crippen LogP contribution in [0, 0.1) is 0 Å². The zero-order chi connectivity index (χ0) is 11.8. The summed E-state index contributed by atoms with van der Waals surface area (Å²) in [7, 11) is 0. The number of nitrogens with zero attached hydrogens (tertiary/aromatic N) is 2. The van der Waals surface area contributed by atoms with Crippen molar-refractivity contribution in [1.82, 2.24) is 4.90 Å². The van der Waals surface area contributed by atoms with Crippen molar-refractivity contribution in [3.8, 4) is 5.75 Å². The summed E-state index contributed by atoms with van der Waals surface area (Å²) in [6.45, 7) is 2.36. The summed E-state index contributed by atoms with van der Waals surface area (Å²) in [5.41, 5.74) is 1.08. The normalized spacial score (nSPS) is 22.5. The lowest BCUT2D eigenvalue weighted by molar-refractivity contribution is 0.123. The molecular formula is C12H14N2O3. The van der Waals surface area contributed by atoms with Gasteiger partial charge in [0.15, 0.2) is 0 Å². The van der Waals surface area contributed by atoms with Crippen LogP contribution in [0.25, 0.3) is 0 Å². The number of anilines is 1. The first-order valence-electron chi connectivity index (χ1n) is 5.72. The van der Waals surface area contributed by atoms with Crippen molar-refractivity contribution in [3.05, 3.63) is 24.3 Å². The van der Waals surface area contributed by atoms with E-state index < -0.39 is 6.09 Å². The van der Waals surface area contributed by atoms with E-state index in [0.29, 0.717) is 19.7 Å². The number of ether oxygens (including phenoxy) is 1. The van der Waals surface area contributed by atoms with Crippen molar-refractivity contribution in [2.24, 2.45) is 0 Å². The van der Waals surface area contributed by atoms with Crippen LogP contribution < -0.4 is 9.64 Å². The van der Waals surface area contributed by atoms with Crippen LogP contribution in [0.15, 0.2) is 24.3 Å². The number of carbonyl (C=O) groups is 1. The summed E-state index contributed by atoms with van der Waals surface area (Å²) in [6, 6.07) is 8.04. The van der Waals surface area contributed by atoms with E-state index in [-0.39, 0.29) is 6.04 Å². The summed E-state index contributed by atoms with van der Waals surface area (Å²) in [4.78, 5) is 14.6. The van der Waals surface area contributed by atoms with Crippen LogP contribution in [0.3, 0.4) is 0 Å². The maximum absolute atomic E-state index is 10.9. The van der Waals surface area contributed by atoms with Gasteiger partial charge in [-0.05, 0) is 12.1 Å². The quantitative estimate of drug-likeness (QED) is 0.734. The third kappa shape index (κ3) is 1.67. The molecule has 90 valence electrons. The predicted molar refractivity (Wildman–Crippen MR) is 62.7 cm³/mol. The van der Waals surface area contributed by atoms with Crippen LogP contribution in [0.2, 0.25) is 0 Å². The third-order valence-corrected chi connectivity index (χ3v) is 3.36. The molecule has 1 atom stereocenters. The minimum Gasteiger partial charge on any atom is -0.489 e. The number of carboxylic acid groups (broad SMARTS) is 1. The standard InChI is InChI=1S/C12H14N2O3/c15-12(16)13-5-6-14-9(7-13)8-17-11-4-2-1-3-10(11)14/h1-4,9H,5-8H2,(H,15,16). The van der Waals surface area contributed by atoms with Crippen molar-refractivity contribution in [2.75, 3.05) is 31.1 Å². The molecule has 1 aromatic rings. The Labute approximate surface area is 99.2 Å². The molecule has 5 nitrogen and oxygen atoms in total. The number of benzene rings is 1. The van der Waals surface area contributed by atoms with E-state index in [4.69, 9.17) is 9.84 Å². The molecule has 2 aliphatic rings. The van der Waals surface area contributed by atoms with E-state index in [1.165, 1.54) is 4.90 Å². The summed E-state index contributed by atoms with van der Waals surface area (Å²) >= 11 is 0. The fourth-order valence-corrected chi connectivity index (χ4v) is 2.49. The number of hydrogen-bond acceptors (Lipinski definition) is 3. The van der Waals surface area contributed by atoms with Gasteiger partial charge in [-0.25, -0.2) is 4.79 Å². The lowest BCUT2D eigenvalue weighted by Crippen LogP contribution is -2.58. The van der Waals surface area contributed by atoms with Crippen LogP contribution in [0.4, 0.5) is 10.5 Å². The molecule has 0 aromatic heterocycles. The molecule has 17 heavy (non-hydrogen) atoms. The lowest BCUT2D eigenvalue weighted by atomic mass is 10.1. The highest BCUT2D eigenvalue weighted by atomic mass is 16.5. The van der Waals surface area contributed by atoms with Gasteiger partial charge in [-0.15, -0.1) is 0 Å². The van der Waals surface area contributed by atoms with Crippen LogP contribution in [0.5, 0.6) is 5.75 Å². The van der Waals surface area contributed by atoms with Crippen molar-refractivity contribution in [1.29, 1.82) is 0 Å². The van der Waals surface area contributed by atoms with Crippen molar-refractivity contribution in [3.63, 3.8) is 0 Å². The number of piperazine rings is 1. The van der Waals surface area contributed by atoms with Gasteiger partial charge in [-0.1, -0.05) is 12.1 Å². The molecule has 0 radical (unpaired) electrons. The molecule has 1 fully saturated rings. The molecule has 2 aliphatic heterocycles. The molecule has 1 saturated heterocycles. The van der Waals surface area contributed by atoms with Gasteiger partial charge in [-0.2, -0.15) is 0 Å². The molecule has 0 bridgehead atoms. The van der Waals surface area contributed by atoms with Gasteiger partial charge in [0.25, 0.3) is 0 Å². The Morgan fingerprint density at radius 2 is 2.18 bits per heavy atom. The second kappa shape index (κ2) is 3.84. The van der Waals surface area contributed by atoms with Crippen LogP contribution in [0.1, 0.15) is 0 Å². The number of fused-ring (bicyclic) bond motifs is 3. The van der Waals surface area contributed by atoms with E-state index in [0.717, 1.165) is 18.0 Å². The molecule has 1 amide bonds. The SMILES string of the molecule is O=C(O)N1CCN2c3ccccc3OCC2C1. The van der Waals surface area contributed by atoms with Crippen LogP contribution in [-0.4, -0.2) is 48.4 Å². The molecule has 5 heteroatoms. The van der Waals surface area contributed by atoms with Gasteiger partial charge in [0.2, 0.25) is 0 Å². The van der Waals surface area contributed by atoms with Crippen LogP contribution in [-0.2, 0) is 0 Å². The van der Waals surface area contributed by atoms with E-state index in [1.807, 2.05) is 24.3 Å². The Morgan fingerprint density at radius 3 is 3.00 bits per heavy atom. The molecule has 0 saturated carbocycles. The fraction of sp³-hybridized carbons (Fsp3) is 0.417. The number of amides is 1. The van der Waals surface area contributed by atoms with E-state index >= 15 is 0 Å². The number of para-hydroxylation sites is 2. The van der Waals surface area contributed by atoms with E-state index in [1.54, 1.807) is 0 Å². The second-order valence-corrected chi connectivity index (χ2v) is 4.35. The van der Waals surface area contributed by atoms with Gasteiger partial charge in [0.05, 0.1) is 11.7 Å². The third-order valence-electron chi connectivity index (χ3n) is 3.36. The smallest absolute Gasteiger partial charge is 0.407 e. The summed E-state index contributed by atoms with van der Waals surface area (Å²) in [5, 5.41) is 8.99. The zero-order valence-corrected chi connectivity index (χ0v) is 9.37. The predicted octanol–water partition coefficient (Wildman–Crippen LogP) is 1.25. The molecule has 1 unspecified atom stereocenters. The maximum atomic E-state index is 10.9. The highest BCUT2D eigenvalue weighted by Gasteiger charge is 2.34. The minimum atomic E-state index is -0.844. The number of hydrogen-bond donors (Lipinski definition) is 1. The maximum Gasteiger partial charge on any atom is 0.407 e. The van der Waals surface area contributed by atoms with Gasteiger partial charge in [-0.3, -0.25) is 0 Å². The summed E-state index contributed by atoms with van der Waals surface area (Å²) in [6.07, 6.45) is -0.844. The van der Waals surface area contributed by atoms with E-state index in [2.05, 4.69) is 4.90 Å². The lowest BCUT2D eigenvalue weighted by Gasteiger charge is -2.44. The zero-order valence-electron chi connectivity index (χ0n) is 9.37. The molecule has 0 spiro atoms. The largest absolute Gasteiger partial charge is 0.489 e. The van der Waals surface area contributed by atoms with Crippen molar-refractivity contribution >= 4 is 11.8 Å². The van der Waals surface area contributed by atoms with Crippen molar-refractivity contribution < 1.29 is 14.6 Å². The Kier molecular flexibility index (Phi) is 2.31. The minimum absolute atomic E-state index is 0.134. The van der Waals surface area contributed by atoms with Gasteiger partial charge < -0.3 is 19.6 Å². The first kappa shape index (κ1) is 10.3. The highest BCUT2D eigenvalue weighted by Crippen LogP contribution is 2.34. The van der Waals surface area contributed by atoms with Gasteiger partial charge in [0, 0.05) is 19.6 Å². The molecule has 0 aliphatic carbocycles. The molecular weight excluding hydrogens is 220 g/mol. The average molecular weight is 234 g/mol. The van der Waals surface area contributed by atoms with E-state index in [9.17, 15) is 4.79 Å².